The monoisotopic (exact) mass is 250 g/mol. The van der Waals surface area contributed by atoms with Gasteiger partial charge in [-0.3, -0.25) is 0 Å². The molecule has 0 atom stereocenters. The Kier molecular flexibility index (Phi) is 2.53. The number of halogens is 1. The van der Waals surface area contributed by atoms with Crippen molar-refractivity contribution in [3.05, 3.63) is 28.4 Å². The van der Waals surface area contributed by atoms with Crippen molar-refractivity contribution in [2.75, 3.05) is 13.7 Å². The van der Waals surface area contributed by atoms with Crippen LogP contribution in [0.1, 0.15) is 11.3 Å². The van der Waals surface area contributed by atoms with Gasteiger partial charge in [-0.25, -0.2) is 0 Å². The highest BCUT2D eigenvalue weighted by Crippen LogP contribution is 2.36. The van der Waals surface area contributed by atoms with E-state index in [1.165, 1.54) is 16.8 Å². The van der Waals surface area contributed by atoms with Crippen LogP contribution in [0, 0.1) is 6.92 Å². The number of nitrogens with zero attached hydrogens (tertiary/aromatic N) is 1. The van der Waals surface area contributed by atoms with Gasteiger partial charge in [-0.2, -0.15) is 0 Å². The van der Waals surface area contributed by atoms with Gasteiger partial charge in [-0.1, -0.05) is 11.6 Å². The maximum atomic E-state index is 6.46. The average Bonchev–Trinajstić information content (AvgIpc) is 2.64. The maximum absolute atomic E-state index is 6.46. The van der Waals surface area contributed by atoms with Crippen LogP contribution in [-0.4, -0.2) is 18.2 Å². The van der Waals surface area contributed by atoms with E-state index >= 15 is 0 Å². The maximum Gasteiger partial charge on any atom is 0.119 e. The van der Waals surface area contributed by atoms with E-state index in [2.05, 4.69) is 22.9 Å². The van der Waals surface area contributed by atoms with Gasteiger partial charge in [0, 0.05) is 25.0 Å². The molecule has 2 aromatic rings. The molecule has 0 amide bonds. The summed E-state index contributed by atoms with van der Waals surface area (Å²) in [5.41, 5.74) is 3.64. The molecule has 1 aromatic carbocycles. The van der Waals surface area contributed by atoms with Crippen molar-refractivity contribution < 1.29 is 4.74 Å². The number of benzene rings is 1. The molecule has 0 aliphatic carbocycles. The van der Waals surface area contributed by atoms with Gasteiger partial charge in [0.25, 0.3) is 0 Å². The quantitative estimate of drug-likeness (QED) is 0.842. The molecule has 0 saturated carbocycles. The van der Waals surface area contributed by atoms with Crippen LogP contribution in [0.25, 0.3) is 10.9 Å². The van der Waals surface area contributed by atoms with E-state index in [0.29, 0.717) is 0 Å². The standard InChI is InChI=1S/C13H15ClN2O/c1-8-5-9(17-2)6-10-12(14)11-7-15-3-4-16(11)13(8)10/h5-6,15H,3-4,7H2,1-2H3. The Labute approximate surface area is 105 Å². The third-order valence-corrected chi connectivity index (χ3v) is 3.82. The molecule has 1 aliphatic heterocycles. The Morgan fingerprint density at radius 3 is 3.00 bits per heavy atom. The second-order valence-corrected chi connectivity index (χ2v) is 4.81. The number of aryl methyl sites for hydroxylation is 1. The highest BCUT2D eigenvalue weighted by Gasteiger charge is 2.20. The van der Waals surface area contributed by atoms with Crippen LogP contribution in [0.5, 0.6) is 5.75 Å². The first-order valence-corrected chi connectivity index (χ1v) is 6.16. The lowest BCUT2D eigenvalue weighted by Crippen LogP contribution is -2.27. The van der Waals surface area contributed by atoms with Crippen molar-refractivity contribution in [1.82, 2.24) is 9.88 Å². The van der Waals surface area contributed by atoms with E-state index in [0.717, 1.165) is 35.8 Å². The van der Waals surface area contributed by atoms with Gasteiger partial charge >= 0.3 is 0 Å². The Balaban J connectivity index is 2.38. The molecule has 0 radical (unpaired) electrons. The predicted molar refractivity (Wildman–Crippen MR) is 69.9 cm³/mol. The minimum atomic E-state index is 0.843. The molecule has 1 aromatic heterocycles. The van der Waals surface area contributed by atoms with E-state index in [4.69, 9.17) is 16.3 Å². The van der Waals surface area contributed by atoms with Crippen molar-refractivity contribution in [3.8, 4) is 5.75 Å². The fourth-order valence-electron chi connectivity index (χ4n) is 2.62. The predicted octanol–water partition coefficient (Wildman–Crippen LogP) is 2.71. The minimum Gasteiger partial charge on any atom is -0.497 e. The number of ether oxygens (including phenoxy) is 1. The third-order valence-electron chi connectivity index (χ3n) is 3.40. The summed E-state index contributed by atoms with van der Waals surface area (Å²) >= 11 is 6.46. The first kappa shape index (κ1) is 10.9. The molecule has 0 saturated heterocycles. The van der Waals surface area contributed by atoms with Crippen molar-refractivity contribution in [2.45, 2.75) is 20.0 Å². The van der Waals surface area contributed by atoms with Gasteiger partial charge < -0.3 is 14.6 Å². The summed E-state index contributed by atoms with van der Waals surface area (Å²) in [4.78, 5) is 0. The fourth-order valence-corrected chi connectivity index (χ4v) is 2.93. The highest BCUT2D eigenvalue weighted by molar-refractivity contribution is 6.36. The number of methoxy groups -OCH3 is 1. The fraction of sp³-hybridized carbons (Fsp3) is 0.385. The normalized spacial score (nSPS) is 15.0. The smallest absolute Gasteiger partial charge is 0.119 e. The van der Waals surface area contributed by atoms with Gasteiger partial charge in [-0.05, 0) is 24.6 Å². The van der Waals surface area contributed by atoms with Crippen molar-refractivity contribution in [3.63, 3.8) is 0 Å². The molecule has 1 aliphatic rings. The first-order chi connectivity index (χ1) is 8.22. The number of aromatic nitrogens is 1. The topological polar surface area (TPSA) is 26.2 Å². The van der Waals surface area contributed by atoms with E-state index < -0.39 is 0 Å². The third kappa shape index (κ3) is 1.53. The zero-order valence-corrected chi connectivity index (χ0v) is 10.8. The first-order valence-electron chi connectivity index (χ1n) is 5.78. The lowest BCUT2D eigenvalue weighted by molar-refractivity contribution is 0.415. The van der Waals surface area contributed by atoms with E-state index in [1.54, 1.807) is 7.11 Å². The molecule has 3 nitrogen and oxygen atoms in total. The molecule has 90 valence electrons. The summed E-state index contributed by atoms with van der Waals surface area (Å²) in [6.07, 6.45) is 0. The number of rotatable bonds is 1. The molecule has 0 unspecified atom stereocenters. The van der Waals surface area contributed by atoms with Gasteiger partial charge in [0.2, 0.25) is 0 Å². The van der Waals surface area contributed by atoms with Crippen LogP contribution in [0.4, 0.5) is 0 Å². The van der Waals surface area contributed by atoms with Crippen LogP contribution in [-0.2, 0) is 13.1 Å². The van der Waals surface area contributed by atoms with Crippen LogP contribution in [0.3, 0.4) is 0 Å². The van der Waals surface area contributed by atoms with E-state index in [9.17, 15) is 0 Å². The van der Waals surface area contributed by atoms with Crippen molar-refractivity contribution >= 4 is 22.5 Å². The van der Waals surface area contributed by atoms with Crippen LogP contribution in [0.2, 0.25) is 5.02 Å². The molecular formula is C13H15ClN2O. The lowest BCUT2D eigenvalue weighted by atomic mass is 10.1. The van der Waals surface area contributed by atoms with E-state index in [-0.39, 0.29) is 0 Å². The molecule has 3 rings (SSSR count). The van der Waals surface area contributed by atoms with Crippen LogP contribution < -0.4 is 10.1 Å². The number of hydrogen-bond donors (Lipinski definition) is 1. The Bertz CT molecular complexity index is 589. The minimum absolute atomic E-state index is 0.843. The van der Waals surface area contributed by atoms with Gasteiger partial charge in [-0.15, -0.1) is 0 Å². The van der Waals surface area contributed by atoms with Crippen molar-refractivity contribution in [1.29, 1.82) is 0 Å². The van der Waals surface area contributed by atoms with Gasteiger partial charge in [0.15, 0.2) is 0 Å². The average molecular weight is 251 g/mol. The number of nitrogens with one attached hydrogen (secondary N) is 1. The summed E-state index contributed by atoms with van der Waals surface area (Å²) in [5.74, 6) is 0.868. The van der Waals surface area contributed by atoms with Gasteiger partial charge in [0.1, 0.15) is 5.75 Å². The van der Waals surface area contributed by atoms with Crippen molar-refractivity contribution in [2.24, 2.45) is 0 Å². The zero-order chi connectivity index (χ0) is 12.0. The second-order valence-electron chi connectivity index (χ2n) is 4.43. The summed E-state index contributed by atoms with van der Waals surface area (Å²) in [7, 11) is 1.69. The van der Waals surface area contributed by atoms with Crippen LogP contribution in [0.15, 0.2) is 12.1 Å². The molecule has 0 bridgehead atoms. The number of fused-ring (bicyclic) bond motifs is 3. The summed E-state index contributed by atoms with van der Waals surface area (Å²) in [6.45, 7) is 4.93. The SMILES string of the molecule is COc1cc(C)c2c(c1)c(Cl)c1n2CCNC1. The second kappa shape index (κ2) is 3.93. The molecule has 0 spiro atoms. The van der Waals surface area contributed by atoms with E-state index in [1.807, 2.05) is 6.07 Å². The molecule has 2 heterocycles. The zero-order valence-electron chi connectivity index (χ0n) is 10.0. The summed E-state index contributed by atoms with van der Waals surface area (Å²) < 4.78 is 7.63. The molecule has 4 heteroatoms. The Morgan fingerprint density at radius 1 is 1.41 bits per heavy atom. The number of hydrogen-bond acceptors (Lipinski definition) is 2. The molecular weight excluding hydrogens is 236 g/mol. The lowest BCUT2D eigenvalue weighted by Gasteiger charge is -2.18. The largest absolute Gasteiger partial charge is 0.497 e. The Morgan fingerprint density at radius 2 is 2.24 bits per heavy atom. The highest BCUT2D eigenvalue weighted by atomic mass is 35.5. The molecule has 1 N–H and O–H groups in total. The summed E-state index contributed by atoms with van der Waals surface area (Å²) in [6, 6.07) is 4.09. The summed E-state index contributed by atoms with van der Waals surface area (Å²) in [5, 5.41) is 5.31. The molecule has 17 heavy (non-hydrogen) atoms. The van der Waals surface area contributed by atoms with Gasteiger partial charge in [0.05, 0.1) is 23.3 Å². The van der Waals surface area contributed by atoms with Crippen LogP contribution >= 0.6 is 11.6 Å². The Hall–Kier alpha value is -1.19. The molecule has 0 fully saturated rings.